The number of pyridine rings is 1. The molecule has 0 saturated carbocycles. The lowest BCUT2D eigenvalue weighted by atomic mass is 10.3. The predicted molar refractivity (Wildman–Crippen MR) is 103 cm³/mol. The first-order valence-electron chi connectivity index (χ1n) is 7.85. The summed E-state index contributed by atoms with van der Waals surface area (Å²) in [6, 6.07) is 8.95. The zero-order valence-electron chi connectivity index (χ0n) is 13.4. The maximum absolute atomic E-state index is 12.3. The summed E-state index contributed by atoms with van der Waals surface area (Å²) in [5, 5.41) is 3.86. The highest BCUT2D eigenvalue weighted by Crippen LogP contribution is 2.32. The number of nitrogens with zero attached hydrogens (tertiary/aromatic N) is 3. The Hall–Kier alpha value is -1.53. The second-order valence-electron chi connectivity index (χ2n) is 5.75. The van der Waals surface area contributed by atoms with Gasteiger partial charge in [0.1, 0.15) is 5.82 Å². The number of halogens is 3. The number of hydrogen-bond acceptors (Lipinski definition) is 4. The summed E-state index contributed by atoms with van der Waals surface area (Å²) < 4.78 is 0. The molecule has 2 aromatic rings. The van der Waals surface area contributed by atoms with Gasteiger partial charge in [0.15, 0.2) is 0 Å². The van der Waals surface area contributed by atoms with E-state index in [-0.39, 0.29) is 5.91 Å². The van der Waals surface area contributed by atoms with Crippen LogP contribution in [0.5, 0.6) is 0 Å². The van der Waals surface area contributed by atoms with Crippen molar-refractivity contribution in [3.05, 3.63) is 51.6 Å². The van der Waals surface area contributed by atoms with E-state index in [1.165, 1.54) is 6.07 Å². The minimum Gasteiger partial charge on any atom is -0.354 e. The number of rotatable bonds is 4. The van der Waals surface area contributed by atoms with E-state index in [2.05, 4.69) is 20.1 Å². The van der Waals surface area contributed by atoms with Crippen molar-refractivity contribution in [3.8, 4) is 0 Å². The van der Waals surface area contributed by atoms with Crippen LogP contribution in [0, 0.1) is 0 Å². The molecule has 1 aliphatic heterocycles. The third-order valence-electron chi connectivity index (χ3n) is 4.00. The zero-order chi connectivity index (χ0) is 17.8. The molecule has 1 aromatic carbocycles. The maximum Gasteiger partial charge on any atom is 0.238 e. The van der Waals surface area contributed by atoms with Crippen molar-refractivity contribution in [2.75, 3.05) is 42.9 Å². The number of benzene rings is 1. The van der Waals surface area contributed by atoms with Crippen molar-refractivity contribution in [3.63, 3.8) is 0 Å². The molecule has 1 aromatic heterocycles. The summed E-state index contributed by atoms with van der Waals surface area (Å²) in [7, 11) is 0. The molecular formula is C17H17Cl3N4O. The van der Waals surface area contributed by atoms with Gasteiger partial charge in [0.05, 0.1) is 27.3 Å². The fourth-order valence-corrected chi connectivity index (χ4v) is 3.28. The van der Waals surface area contributed by atoms with E-state index in [9.17, 15) is 4.79 Å². The highest BCUT2D eigenvalue weighted by atomic mass is 35.5. The van der Waals surface area contributed by atoms with Gasteiger partial charge in [-0.15, -0.1) is 0 Å². The zero-order valence-corrected chi connectivity index (χ0v) is 15.7. The molecule has 0 bridgehead atoms. The van der Waals surface area contributed by atoms with Crippen molar-refractivity contribution >= 4 is 52.2 Å². The molecule has 1 saturated heterocycles. The van der Waals surface area contributed by atoms with E-state index < -0.39 is 0 Å². The molecule has 0 atom stereocenters. The molecule has 0 radical (unpaired) electrons. The number of nitrogens with one attached hydrogen (secondary N) is 1. The van der Waals surface area contributed by atoms with Crippen LogP contribution < -0.4 is 10.2 Å². The van der Waals surface area contributed by atoms with Crippen LogP contribution >= 0.6 is 34.8 Å². The van der Waals surface area contributed by atoms with Gasteiger partial charge in [0, 0.05) is 32.4 Å². The smallest absolute Gasteiger partial charge is 0.238 e. The number of piperazine rings is 1. The Morgan fingerprint density at radius 3 is 2.44 bits per heavy atom. The molecule has 0 spiro atoms. The summed E-state index contributed by atoms with van der Waals surface area (Å²) in [6.07, 6.45) is 1.79. The summed E-state index contributed by atoms with van der Waals surface area (Å²) in [4.78, 5) is 20.9. The summed E-state index contributed by atoms with van der Waals surface area (Å²) in [5.41, 5.74) is 0.466. The van der Waals surface area contributed by atoms with Gasteiger partial charge in [-0.25, -0.2) is 4.98 Å². The van der Waals surface area contributed by atoms with Gasteiger partial charge in [0.25, 0.3) is 0 Å². The van der Waals surface area contributed by atoms with E-state index in [1.54, 1.807) is 12.3 Å². The SMILES string of the molecule is O=C(CN1CCN(c2ccccn2)CC1)Nc1cc(Cl)c(Cl)cc1Cl. The Balaban J connectivity index is 1.52. The standard InChI is InChI=1S/C17H17Cl3N4O/c18-12-9-14(20)15(10-13(12)19)22-17(25)11-23-5-7-24(8-6-23)16-3-1-2-4-21-16/h1-4,9-10H,5-8,11H2,(H,22,25). The minimum atomic E-state index is -0.133. The fraction of sp³-hybridized carbons (Fsp3) is 0.294. The Labute approximate surface area is 161 Å². The largest absolute Gasteiger partial charge is 0.354 e. The van der Waals surface area contributed by atoms with E-state index in [1.807, 2.05) is 18.2 Å². The molecule has 2 heterocycles. The lowest BCUT2D eigenvalue weighted by Crippen LogP contribution is -2.48. The van der Waals surface area contributed by atoms with Crippen LogP contribution in [0.25, 0.3) is 0 Å². The second kappa shape index (κ2) is 8.23. The first kappa shape index (κ1) is 18.3. The monoisotopic (exact) mass is 398 g/mol. The lowest BCUT2D eigenvalue weighted by Gasteiger charge is -2.34. The number of amides is 1. The number of anilines is 2. The van der Waals surface area contributed by atoms with Crippen LogP contribution in [0.1, 0.15) is 0 Å². The molecule has 25 heavy (non-hydrogen) atoms. The quantitative estimate of drug-likeness (QED) is 0.794. The van der Waals surface area contributed by atoms with Gasteiger partial charge in [0.2, 0.25) is 5.91 Å². The fourth-order valence-electron chi connectivity index (χ4n) is 2.69. The average Bonchev–Trinajstić information content (AvgIpc) is 2.61. The molecule has 1 N–H and O–H groups in total. The van der Waals surface area contributed by atoms with Crippen molar-refractivity contribution in [1.29, 1.82) is 0 Å². The molecule has 8 heteroatoms. The molecule has 1 fully saturated rings. The molecule has 0 unspecified atom stereocenters. The van der Waals surface area contributed by atoms with Crippen molar-refractivity contribution in [1.82, 2.24) is 9.88 Å². The lowest BCUT2D eigenvalue weighted by molar-refractivity contribution is -0.117. The summed E-state index contributed by atoms with van der Waals surface area (Å²) >= 11 is 18.0. The van der Waals surface area contributed by atoms with Crippen LogP contribution in [0.15, 0.2) is 36.5 Å². The van der Waals surface area contributed by atoms with Gasteiger partial charge in [-0.1, -0.05) is 40.9 Å². The Bertz CT molecular complexity index is 749. The van der Waals surface area contributed by atoms with E-state index in [4.69, 9.17) is 34.8 Å². The van der Waals surface area contributed by atoms with Crippen LogP contribution in [-0.2, 0) is 4.79 Å². The Morgan fingerprint density at radius 1 is 1.04 bits per heavy atom. The molecule has 1 amide bonds. The van der Waals surface area contributed by atoms with Crippen LogP contribution in [0.3, 0.4) is 0 Å². The van der Waals surface area contributed by atoms with Gasteiger partial charge >= 0.3 is 0 Å². The van der Waals surface area contributed by atoms with E-state index >= 15 is 0 Å². The predicted octanol–water partition coefficient (Wildman–Crippen LogP) is 3.80. The molecule has 132 valence electrons. The topological polar surface area (TPSA) is 48.5 Å². The maximum atomic E-state index is 12.3. The normalized spacial score (nSPS) is 15.2. The third kappa shape index (κ3) is 4.76. The average molecular weight is 400 g/mol. The Morgan fingerprint density at radius 2 is 1.76 bits per heavy atom. The first-order chi connectivity index (χ1) is 12.0. The minimum absolute atomic E-state index is 0.133. The van der Waals surface area contributed by atoms with Gasteiger partial charge in [-0.2, -0.15) is 0 Å². The van der Waals surface area contributed by atoms with Gasteiger partial charge < -0.3 is 10.2 Å². The van der Waals surface area contributed by atoms with E-state index in [0.29, 0.717) is 27.3 Å². The summed E-state index contributed by atoms with van der Waals surface area (Å²) in [5.74, 6) is 0.834. The molecular weight excluding hydrogens is 383 g/mol. The highest BCUT2D eigenvalue weighted by molar-refractivity contribution is 6.44. The second-order valence-corrected chi connectivity index (χ2v) is 6.97. The third-order valence-corrected chi connectivity index (χ3v) is 5.03. The van der Waals surface area contributed by atoms with Gasteiger partial charge in [-0.3, -0.25) is 9.69 Å². The Kier molecular flexibility index (Phi) is 6.02. The van der Waals surface area contributed by atoms with Gasteiger partial charge in [-0.05, 0) is 24.3 Å². The number of carbonyl (C=O) groups excluding carboxylic acids is 1. The number of aromatic nitrogens is 1. The molecule has 0 aliphatic carbocycles. The highest BCUT2D eigenvalue weighted by Gasteiger charge is 2.20. The number of hydrogen-bond donors (Lipinski definition) is 1. The van der Waals surface area contributed by atoms with Crippen molar-refractivity contribution in [2.24, 2.45) is 0 Å². The number of carbonyl (C=O) groups is 1. The molecule has 3 rings (SSSR count). The van der Waals surface area contributed by atoms with Crippen LogP contribution in [0.2, 0.25) is 15.1 Å². The molecule has 1 aliphatic rings. The van der Waals surface area contributed by atoms with Crippen LogP contribution in [-0.4, -0.2) is 48.5 Å². The van der Waals surface area contributed by atoms with Crippen LogP contribution in [0.4, 0.5) is 11.5 Å². The van der Waals surface area contributed by atoms with Crippen molar-refractivity contribution in [2.45, 2.75) is 0 Å². The first-order valence-corrected chi connectivity index (χ1v) is 8.99. The summed E-state index contributed by atoms with van der Waals surface area (Å²) in [6.45, 7) is 3.54. The van der Waals surface area contributed by atoms with Crippen molar-refractivity contribution < 1.29 is 4.79 Å². The van der Waals surface area contributed by atoms with E-state index in [0.717, 1.165) is 32.0 Å². The molecule has 5 nitrogen and oxygen atoms in total.